The van der Waals surface area contributed by atoms with E-state index in [1.807, 2.05) is 51.1 Å². The maximum absolute atomic E-state index is 11.9. The molecule has 1 heterocycles. The van der Waals surface area contributed by atoms with Gasteiger partial charge in [0.15, 0.2) is 11.4 Å². The lowest BCUT2D eigenvalue weighted by molar-refractivity contribution is -0.00737. The second-order valence-electron chi connectivity index (χ2n) is 6.50. The molecule has 0 amide bonds. The molecular weight excluding hydrogens is 357 g/mol. The predicted octanol–water partition coefficient (Wildman–Crippen LogP) is 5.93. The van der Waals surface area contributed by atoms with E-state index in [0.717, 1.165) is 28.0 Å². The lowest BCUT2D eigenvalue weighted by Crippen LogP contribution is -2.22. The number of Topliss-reactive ketones (excluding diaryl/α,β-unsaturated/α-hetero) is 1. The summed E-state index contributed by atoms with van der Waals surface area (Å²) < 4.78 is 0. The molecule has 1 atom stereocenters. The Bertz CT molecular complexity index is 856. The van der Waals surface area contributed by atoms with Gasteiger partial charge in [-0.25, -0.2) is 0 Å². The molecule has 0 aliphatic carbocycles. The third kappa shape index (κ3) is 3.58. The third-order valence-electron chi connectivity index (χ3n) is 4.52. The molecule has 0 saturated carbocycles. The van der Waals surface area contributed by atoms with Crippen molar-refractivity contribution in [2.45, 2.75) is 39.2 Å². The molecule has 0 fully saturated rings. The summed E-state index contributed by atoms with van der Waals surface area (Å²) in [5.41, 5.74) is 3.79. The number of nitrogens with zero attached hydrogens (tertiary/aromatic N) is 1. The molecule has 1 aliphatic rings. The number of halogens is 2. The normalized spacial score (nSPS) is 19.5. The molecule has 0 spiro atoms. The predicted molar refractivity (Wildman–Crippen MR) is 102 cm³/mol. The molecular formula is C20H19Cl2NO2. The van der Waals surface area contributed by atoms with Crippen molar-refractivity contribution in [3.63, 3.8) is 0 Å². The second-order valence-corrected chi connectivity index (χ2v) is 7.37. The van der Waals surface area contributed by atoms with Crippen molar-refractivity contribution in [2.24, 2.45) is 5.16 Å². The second kappa shape index (κ2) is 6.81. The third-order valence-corrected chi connectivity index (χ3v) is 4.95. The van der Waals surface area contributed by atoms with Gasteiger partial charge in [-0.15, -0.1) is 0 Å². The Balaban J connectivity index is 1.87. The van der Waals surface area contributed by atoms with Gasteiger partial charge in [-0.2, -0.15) is 0 Å². The Morgan fingerprint density at radius 3 is 2.48 bits per heavy atom. The summed E-state index contributed by atoms with van der Waals surface area (Å²) >= 11 is 12.2. The highest BCUT2D eigenvalue weighted by atomic mass is 35.5. The van der Waals surface area contributed by atoms with Gasteiger partial charge in [0, 0.05) is 34.0 Å². The van der Waals surface area contributed by atoms with E-state index >= 15 is 0 Å². The zero-order valence-corrected chi connectivity index (χ0v) is 15.9. The van der Waals surface area contributed by atoms with Gasteiger partial charge in [0.05, 0.1) is 5.71 Å². The fourth-order valence-corrected chi connectivity index (χ4v) is 3.58. The molecule has 1 unspecified atom stereocenters. The summed E-state index contributed by atoms with van der Waals surface area (Å²) in [5, 5.41) is 5.41. The van der Waals surface area contributed by atoms with Crippen LogP contribution in [0.1, 0.15) is 53.7 Å². The van der Waals surface area contributed by atoms with Gasteiger partial charge in [-0.05, 0) is 49.2 Å². The van der Waals surface area contributed by atoms with Crippen LogP contribution in [0, 0.1) is 6.92 Å². The average molecular weight is 376 g/mol. The number of hydrogen-bond acceptors (Lipinski definition) is 3. The highest BCUT2D eigenvalue weighted by Crippen LogP contribution is 2.38. The summed E-state index contributed by atoms with van der Waals surface area (Å²) in [6, 6.07) is 11.2. The Labute approximate surface area is 157 Å². The van der Waals surface area contributed by atoms with Gasteiger partial charge in [-0.1, -0.05) is 47.4 Å². The van der Waals surface area contributed by atoms with E-state index in [-0.39, 0.29) is 5.78 Å². The minimum Gasteiger partial charge on any atom is -0.384 e. The first kappa shape index (κ1) is 18.0. The van der Waals surface area contributed by atoms with E-state index in [1.165, 1.54) is 0 Å². The largest absolute Gasteiger partial charge is 0.384 e. The van der Waals surface area contributed by atoms with E-state index in [1.54, 1.807) is 6.07 Å². The number of oxime groups is 1. The number of carbonyl (C=O) groups excluding carboxylic acids is 1. The maximum Gasteiger partial charge on any atom is 0.165 e. The van der Waals surface area contributed by atoms with Crippen molar-refractivity contribution in [1.29, 1.82) is 0 Å². The monoisotopic (exact) mass is 375 g/mol. The van der Waals surface area contributed by atoms with Crippen LogP contribution in [0.3, 0.4) is 0 Å². The molecule has 0 bridgehead atoms. The standard InChI is InChI=1S/C20H19Cl2NO2/c1-4-19(24)17-6-5-13(7-12(17)2)18-11-20(3,25-23-18)14-8-15(21)10-16(22)9-14/h5-10H,4,11H2,1-3H3. The molecule has 3 nitrogen and oxygen atoms in total. The highest BCUT2D eigenvalue weighted by molar-refractivity contribution is 6.34. The molecule has 0 saturated heterocycles. The smallest absolute Gasteiger partial charge is 0.165 e. The van der Waals surface area contributed by atoms with Crippen molar-refractivity contribution in [3.8, 4) is 0 Å². The first-order chi connectivity index (χ1) is 11.8. The first-order valence-electron chi connectivity index (χ1n) is 8.18. The highest BCUT2D eigenvalue weighted by Gasteiger charge is 2.37. The molecule has 25 heavy (non-hydrogen) atoms. The van der Waals surface area contributed by atoms with Crippen LogP contribution in [0.25, 0.3) is 0 Å². The van der Waals surface area contributed by atoms with Gasteiger partial charge < -0.3 is 4.84 Å². The summed E-state index contributed by atoms with van der Waals surface area (Å²) in [6.07, 6.45) is 1.10. The maximum atomic E-state index is 11.9. The summed E-state index contributed by atoms with van der Waals surface area (Å²) in [4.78, 5) is 17.7. The fourth-order valence-electron chi connectivity index (χ4n) is 3.06. The lowest BCUT2D eigenvalue weighted by Gasteiger charge is -2.22. The van der Waals surface area contributed by atoms with Crippen LogP contribution < -0.4 is 0 Å². The fraction of sp³-hybridized carbons (Fsp3) is 0.300. The zero-order valence-electron chi connectivity index (χ0n) is 14.4. The molecule has 130 valence electrons. The molecule has 1 aliphatic heterocycles. The van der Waals surface area contributed by atoms with Crippen LogP contribution in [-0.4, -0.2) is 11.5 Å². The molecule has 2 aromatic carbocycles. The molecule has 0 aromatic heterocycles. The van der Waals surface area contributed by atoms with Crippen LogP contribution in [0.4, 0.5) is 0 Å². The van der Waals surface area contributed by atoms with Crippen LogP contribution in [-0.2, 0) is 10.4 Å². The van der Waals surface area contributed by atoms with Crippen LogP contribution >= 0.6 is 23.2 Å². The Morgan fingerprint density at radius 2 is 1.88 bits per heavy atom. The Morgan fingerprint density at radius 1 is 1.20 bits per heavy atom. The first-order valence-corrected chi connectivity index (χ1v) is 8.94. The van der Waals surface area contributed by atoms with E-state index in [9.17, 15) is 4.79 Å². The zero-order chi connectivity index (χ0) is 18.2. The van der Waals surface area contributed by atoms with E-state index < -0.39 is 5.60 Å². The van der Waals surface area contributed by atoms with E-state index in [4.69, 9.17) is 28.0 Å². The van der Waals surface area contributed by atoms with Gasteiger partial charge >= 0.3 is 0 Å². The topological polar surface area (TPSA) is 38.7 Å². The number of carbonyl (C=O) groups is 1. The minimum atomic E-state index is -0.615. The molecule has 2 aromatic rings. The summed E-state index contributed by atoms with van der Waals surface area (Å²) in [5.74, 6) is 0.145. The molecule has 0 N–H and O–H groups in total. The molecule has 0 radical (unpaired) electrons. The Kier molecular flexibility index (Phi) is 4.90. The number of rotatable bonds is 4. The van der Waals surface area contributed by atoms with Crippen molar-refractivity contribution in [3.05, 3.63) is 68.7 Å². The average Bonchev–Trinajstić information content (AvgIpc) is 2.97. The van der Waals surface area contributed by atoms with E-state index in [0.29, 0.717) is 22.9 Å². The summed E-state index contributed by atoms with van der Waals surface area (Å²) in [7, 11) is 0. The van der Waals surface area contributed by atoms with Gasteiger partial charge in [0.2, 0.25) is 0 Å². The van der Waals surface area contributed by atoms with Crippen LogP contribution in [0.5, 0.6) is 0 Å². The van der Waals surface area contributed by atoms with Crippen molar-refractivity contribution in [2.75, 3.05) is 0 Å². The van der Waals surface area contributed by atoms with E-state index in [2.05, 4.69) is 5.16 Å². The number of benzene rings is 2. The molecule has 3 rings (SSSR count). The minimum absolute atomic E-state index is 0.145. The van der Waals surface area contributed by atoms with Crippen molar-refractivity contribution >= 4 is 34.7 Å². The number of ketones is 1. The number of hydrogen-bond donors (Lipinski definition) is 0. The van der Waals surface area contributed by atoms with Crippen molar-refractivity contribution in [1.82, 2.24) is 0 Å². The van der Waals surface area contributed by atoms with Gasteiger partial charge in [-0.3, -0.25) is 4.79 Å². The van der Waals surface area contributed by atoms with Gasteiger partial charge in [0.1, 0.15) is 0 Å². The Hall–Kier alpha value is -1.84. The van der Waals surface area contributed by atoms with Crippen LogP contribution in [0.2, 0.25) is 10.0 Å². The van der Waals surface area contributed by atoms with Crippen LogP contribution in [0.15, 0.2) is 41.6 Å². The quantitative estimate of drug-likeness (QED) is 0.620. The van der Waals surface area contributed by atoms with Gasteiger partial charge in [0.25, 0.3) is 0 Å². The lowest BCUT2D eigenvalue weighted by atomic mass is 9.88. The summed E-state index contributed by atoms with van der Waals surface area (Å²) in [6.45, 7) is 5.78. The van der Waals surface area contributed by atoms with Crippen molar-refractivity contribution < 1.29 is 9.63 Å². The SMILES string of the molecule is CCC(=O)c1ccc(C2=NOC(C)(c3cc(Cl)cc(Cl)c3)C2)cc1C. The number of aryl methyl sites for hydroxylation is 1. The molecule has 5 heteroatoms.